The highest BCUT2D eigenvalue weighted by molar-refractivity contribution is 5.94. The zero-order valence-electron chi connectivity index (χ0n) is 31.8. The number of rotatable bonds is 9. The third-order valence-corrected chi connectivity index (χ3v) is 10.6. The number of hydrogen-bond donors (Lipinski definition) is 3. The van der Waals surface area contributed by atoms with E-state index in [1.165, 1.54) is 36.7 Å². The molecule has 298 valence electrons. The molecule has 1 amide bonds. The fraction of sp³-hybridized carbons (Fsp3) is 0.133. The molecule has 0 spiro atoms. The second-order valence-electron chi connectivity index (χ2n) is 14.2. The molecular weight excluding hydrogens is 778 g/mol. The number of para-hydroxylation sites is 2. The molecule has 0 saturated carbocycles. The van der Waals surface area contributed by atoms with Crippen LogP contribution in [0.1, 0.15) is 22.3 Å². The molecule has 1 aliphatic rings. The van der Waals surface area contributed by atoms with Crippen molar-refractivity contribution in [1.82, 2.24) is 29.3 Å². The molecule has 1 saturated heterocycles. The highest BCUT2D eigenvalue weighted by Gasteiger charge is 2.52. The fourth-order valence-corrected chi connectivity index (χ4v) is 7.96. The van der Waals surface area contributed by atoms with Gasteiger partial charge < -0.3 is 29.9 Å². The van der Waals surface area contributed by atoms with Crippen molar-refractivity contribution < 1.29 is 33.3 Å². The Bertz CT molecular complexity index is 2690. The number of aromatic nitrogens is 4. The van der Waals surface area contributed by atoms with Crippen LogP contribution < -0.4 is 14.8 Å². The number of benzene rings is 4. The Morgan fingerprint density at radius 1 is 0.695 bits per heavy atom. The number of halogens is 3. The van der Waals surface area contributed by atoms with Gasteiger partial charge in [0.25, 0.3) is 0 Å². The first kappa shape index (κ1) is 38.9. The van der Waals surface area contributed by atoms with Crippen LogP contribution in [0.5, 0.6) is 34.8 Å². The number of carbonyl (C=O) groups excluding carboxylic acids is 1. The van der Waals surface area contributed by atoms with Crippen LogP contribution in [0.3, 0.4) is 0 Å². The van der Waals surface area contributed by atoms with Crippen LogP contribution in [0.25, 0.3) is 33.4 Å². The minimum Gasteiger partial charge on any atom is -0.506 e. The van der Waals surface area contributed by atoms with Gasteiger partial charge in [0.2, 0.25) is 18.2 Å². The number of fused-ring (bicyclic) bond motifs is 2. The molecule has 8 aromatic rings. The van der Waals surface area contributed by atoms with Crippen molar-refractivity contribution >= 4 is 40.9 Å². The minimum absolute atomic E-state index is 0. The summed E-state index contributed by atoms with van der Waals surface area (Å²) in [5.41, 5.74) is 2.28. The van der Waals surface area contributed by atoms with E-state index >= 15 is 8.78 Å². The molecule has 0 unspecified atom stereocenters. The van der Waals surface area contributed by atoms with Gasteiger partial charge in [-0.05, 0) is 73.5 Å². The Kier molecular flexibility index (Phi) is 10.2. The zero-order valence-corrected chi connectivity index (χ0v) is 32.6. The van der Waals surface area contributed by atoms with E-state index in [1.807, 2.05) is 60.7 Å². The van der Waals surface area contributed by atoms with E-state index < -0.39 is 17.2 Å². The molecular formula is C45H37ClF2N6O5. The highest BCUT2D eigenvalue weighted by Crippen LogP contribution is 2.55. The smallest absolute Gasteiger partial charge is 0.213 e. The minimum atomic E-state index is -1.63. The predicted molar refractivity (Wildman–Crippen MR) is 222 cm³/mol. The summed E-state index contributed by atoms with van der Waals surface area (Å²) < 4.78 is 47.5. The first-order chi connectivity index (χ1) is 28.2. The largest absolute Gasteiger partial charge is 0.506 e. The van der Waals surface area contributed by atoms with Gasteiger partial charge in [0.05, 0.1) is 34.9 Å². The molecule has 5 heterocycles. The van der Waals surface area contributed by atoms with Crippen LogP contribution in [0, 0.1) is 25.5 Å². The van der Waals surface area contributed by atoms with Gasteiger partial charge in [-0.25, -0.2) is 18.7 Å². The summed E-state index contributed by atoms with van der Waals surface area (Å²) in [4.78, 5) is 24.9. The average molecular weight is 815 g/mol. The second-order valence-corrected chi connectivity index (χ2v) is 14.2. The summed E-state index contributed by atoms with van der Waals surface area (Å²) in [5.74, 6) is -0.686. The molecule has 9 rings (SSSR count). The maximum Gasteiger partial charge on any atom is 0.213 e. The molecule has 59 heavy (non-hydrogen) atoms. The third kappa shape index (κ3) is 6.54. The number of ether oxygens (including phenoxy) is 2. The van der Waals surface area contributed by atoms with Gasteiger partial charge in [0.1, 0.15) is 51.5 Å². The van der Waals surface area contributed by atoms with E-state index in [1.54, 1.807) is 52.1 Å². The number of amides is 1. The molecule has 3 N–H and O–H groups in total. The monoisotopic (exact) mass is 814 g/mol. The maximum absolute atomic E-state index is 15.1. The van der Waals surface area contributed by atoms with Crippen LogP contribution >= 0.6 is 12.4 Å². The number of aromatic hydroxyl groups is 2. The molecule has 1 aliphatic heterocycles. The van der Waals surface area contributed by atoms with E-state index in [9.17, 15) is 15.0 Å². The van der Waals surface area contributed by atoms with E-state index in [-0.39, 0.29) is 60.3 Å². The van der Waals surface area contributed by atoms with Crippen molar-refractivity contribution in [2.75, 3.05) is 19.6 Å². The number of hydrogen-bond acceptors (Lipinski definition) is 8. The first-order valence-corrected chi connectivity index (χ1v) is 18.6. The van der Waals surface area contributed by atoms with Crippen molar-refractivity contribution in [1.29, 1.82) is 0 Å². The van der Waals surface area contributed by atoms with Crippen LogP contribution in [0.4, 0.5) is 8.78 Å². The summed E-state index contributed by atoms with van der Waals surface area (Å²) in [5, 5.41) is 26.6. The molecule has 4 aromatic heterocycles. The number of pyridine rings is 2. The van der Waals surface area contributed by atoms with Gasteiger partial charge in [-0.2, -0.15) is 0 Å². The van der Waals surface area contributed by atoms with E-state index in [4.69, 9.17) is 19.4 Å². The summed E-state index contributed by atoms with van der Waals surface area (Å²) in [6.45, 7) is 4.20. The Morgan fingerprint density at radius 2 is 1.15 bits per heavy atom. The van der Waals surface area contributed by atoms with Gasteiger partial charge in [-0.1, -0.05) is 48.5 Å². The number of nitrogens with zero attached hydrogens (tertiary/aromatic N) is 5. The van der Waals surface area contributed by atoms with Gasteiger partial charge in [-0.3, -0.25) is 13.9 Å². The lowest BCUT2D eigenvalue weighted by Crippen LogP contribution is -2.59. The predicted octanol–water partition coefficient (Wildman–Crippen LogP) is 8.98. The Hall–Kier alpha value is -6.96. The lowest BCUT2D eigenvalue weighted by molar-refractivity contribution is -0.124. The van der Waals surface area contributed by atoms with Crippen molar-refractivity contribution in [2.24, 2.45) is 0 Å². The van der Waals surface area contributed by atoms with Crippen molar-refractivity contribution in [3.8, 4) is 46.1 Å². The lowest BCUT2D eigenvalue weighted by atomic mass is 9.79. The first-order valence-electron chi connectivity index (χ1n) is 18.6. The van der Waals surface area contributed by atoms with Crippen LogP contribution in [0.2, 0.25) is 0 Å². The average Bonchev–Trinajstić information content (AvgIpc) is 3.72. The van der Waals surface area contributed by atoms with Crippen LogP contribution in [-0.4, -0.2) is 60.3 Å². The van der Waals surface area contributed by atoms with E-state index in [0.29, 0.717) is 62.2 Å². The van der Waals surface area contributed by atoms with Crippen molar-refractivity contribution in [3.05, 3.63) is 155 Å². The summed E-state index contributed by atoms with van der Waals surface area (Å²) >= 11 is 0. The third-order valence-electron chi connectivity index (χ3n) is 10.6. The Morgan fingerprint density at radius 3 is 1.59 bits per heavy atom. The fourth-order valence-electron chi connectivity index (χ4n) is 7.96. The molecule has 14 heteroatoms. The van der Waals surface area contributed by atoms with Gasteiger partial charge in [-0.15, -0.1) is 12.4 Å². The molecule has 11 nitrogen and oxygen atoms in total. The molecule has 0 aliphatic carbocycles. The highest BCUT2D eigenvalue weighted by atomic mass is 35.5. The van der Waals surface area contributed by atoms with Gasteiger partial charge in [0, 0.05) is 42.5 Å². The number of nitrogens with one attached hydrogen (secondary N) is 1. The Labute approximate surface area is 343 Å². The van der Waals surface area contributed by atoms with Gasteiger partial charge in [0.15, 0.2) is 0 Å². The molecule has 0 bridgehead atoms. The quantitative estimate of drug-likeness (QED) is 0.123. The molecule has 0 radical (unpaired) electrons. The topological polar surface area (TPSA) is 127 Å². The Balaban J connectivity index is 0.00000484. The summed E-state index contributed by atoms with van der Waals surface area (Å²) in [6.07, 6.45) is 3.37. The zero-order chi connectivity index (χ0) is 40.1. The standard InChI is InChI=1S/C45H36F2N6O5.ClH/c1-27-13-15-29(46)19-37(27)57-43-39(35-21-33(55)23-49-41(35)52(43)31-9-5-3-6-10-31)45(25-48-17-18-51(45)26-54)40-36-22-34(56)24-50-42(36)53(32-11-7-4-8-12-32)44(40)58-38-20-30(47)16-14-28(38)2;/h3-16,19-24,26,48,55-56H,17-18,25H2,1-2H3;1H. The van der Waals surface area contributed by atoms with E-state index in [2.05, 4.69) is 5.32 Å². The number of carbonyl (C=O) groups is 1. The number of piperazine rings is 1. The maximum atomic E-state index is 15.1. The van der Waals surface area contributed by atoms with Crippen molar-refractivity contribution in [3.63, 3.8) is 0 Å². The summed E-state index contributed by atoms with van der Waals surface area (Å²) in [6, 6.07) is 30.1. The number of aryl methyl sites for hydroxylation is 2. The van der Waals surface area contributed by atoms with E-state index in [0.717, 1.165) is 6.41 Å². The summed E-state index contributed by atoms with van der Waals surface area (Å²) in [7, 11) is 0. The SMILES string of the molecule is Cc1ccc(F)cc1Oc1c(C2(c3c(Oc4cc(F)ccc4C)n(-c4ccccc4)c4ncc(O)cc34)CNCCN2C=O)c2cc(O)cnc2n1-c1ccccc1.Cl. The normalized spacial score (nSPS) is 13.7. The van der Waals surface area contributed by atoms with Crippen molar-refractivity contribution in [2.45, 2.75) is 19.4 Å². The second kappa shape index (κ2) is 15.4. The van der Waals surface area contributed by atoms with Crippen LogP contribution in [-0.2, 0) is 10.3 Å². The molecule has 1 fully saturated rings. The molecule has 0 atom stereocenters. The molecule has 4 aromatic carbocycles. The van der Waals surface area contributed by atoms with Gasteiger partial charge >= 0.3 is 0 Å². The van der Waals surface area contributed by atoms with Crippen LogP contribution in [0.15, 0.2) is 122 Å². The lowest BCUT2D eigenvalue weighted by Gasteiger charge is -2.46.